The van der Waals surface area contributed by atoms with Crippen LogP contribution in [0.5, 0.6) is 0 Å². The van der Waals surface area contributed by atoms with Crippen molar-refractivity contribution in [3.8, 4) is 0 Å². The first-order chi connectivity index (χ1) is 8.56. The molecule has 0 bridgehead atoms. The van der Waals surface area contributed by atoms with Crippen LogP contribution >= 0.6 is 0 Å². The molecular formula is C15H13F2N. The Kier molecular flexibility index (Phi) is 3.51. The van der Waals surface area contributed by atoms with Crippen LogP contribution in [0.3, 0.4) is 0 Å². The minimum Gasteiger partial charge on any atom is -0.256 e. The van der Waals surface area contributed by atoms with Crippen LogP contribution in [0.15, 0.2) is 41.4 Å². The van der Waals surface area contributed by atoms with E-state index in [-0.39, 0.29) is 0 Å². The first kappa shape index (κ1) is 12.4. The summed E-state index contributed by atoms with van der Waals surface area (Å²) in [5, 5.41) is 0. The zero-order valence-electron chi connectivity index (χ0n) is 10.2. The molecule has 0 aromatic heterocycles. The largest absolute Gasteiger partial charge is 0.256 e. The Morgan fingerprint density at radius 2 is 1.67 bits per heavy atom. The van der Waals surface area contributed by atoms with Gasteiger partial charge in [0.1, 0.15) is 0 Å². The molecule has 0 aliphatic carbocycles. The number of aliphatic imine (C=N–C) groups is 1. The molecule has 92 valence electrons. The molecule has 18 heavy (non-hydrogen) atoms. The van der Waals surface area contributed by atoms with Gasteiger partial charge in [-0.3, -0.25) is 4.99 Å². The average Bonchev–Trinajstić information content (AvgIpc) is 2.35. The molecule has 0 aliphatic rings. The summed E-state index contributed by atoms with van der Waals surface area (Å²) in [6.45, 7) is 4.03. The fraction of sp³-hybridized carbons (Fsp3) is 0.133. The van der Waals surface area contributed by atoms with Gasteiger partial charge < -0.3 is 0 Å². The van der Waals surface area contributed by atoms with Crippen molar-refractivity contribution >= 4 is 11.9 Å². The Hall–Kier alpha value is -2.03. The van der Waals surface area contributed by atoms with E-state index in [4.69, 9.17) is 0 Å². The van der Waals surface area contributed by atoms with Gasteiger partial charge >= 0.3 is 0 Å². The number of nitrogens with zero attached hydrogens (tertiary/aromatic N) is 1. The summed E-state index contributed by atoms with van der Waals surface area (Å²) in [6, 6.07) is 9.53. The van der Waals surface area contributed by atoms with Gasteiger partial charge in [0, 0.05) is 6.21 Å². The van der Waals surface area contributed by atoms with E-state index in [1.165, 1.54) is 17.8 Å². The third-order valence-corrected chi connectivity index (χ3v) is 2.80. The first-order valence-electron chi connectivity index (χ1n) is 5.62. The fourth-order valence-electron chi connectivity index (χ4n) is 1.55. The lowest BCUT2D eigenvalue weighted by atomic mass is 10.1. The average molecular weight is 245 g/mol. The third-order valence-electron chi connectivity index (χ3n) is 2.80. The molecule has 0 aliphatic heterocycles. The van der Waals surface area contributed by atoms with Gasteiger partial charge in [-0.05, 0) is 54.8 Å². The number of benzene rings is 2. The van der Waals surface area contributed by atoms with E-state index in [1.54, 1.807) is 0 Å². The maximum Gasteiger partial charge on any atom is 0.159 e. The molecular weight excluding hydrogens is 232 g/mol. The molecule has 0 amide bonds. The summed E-state index contributed by atoms with van der Waals surface area (Å²) in [5.41, 5.74) is 3.67. The van der Waals surface area contributed by atoms with Crippen molar-refractivity contribution in [3.05, 3.63) is 64.7 Å². The van der Waals surface area contributed by atoms with E-state index in [2.05, 4.69) is 4.99 Å². The van der Waals surface area contributed by atoms with Crippen LogP contribution in [0.2, 0.25) is 0 Å². The molecule has 3 heteroatoms. The van der Waals surface area contributed by atoms with Crippen molar-refractivity contribution < 1.29 is 8.78 Å². The summed E-state index contributed by atoms with van der Waals surface area (Å²) in [4.78, 5) is 4.24. The normalized spacial score (nSPS) is 11.1. The van der Waals surface area contributed by atoms with Gasteiger partial charge in [0.25, 0.3) is 0 Å². The van der Waals surface area contributed by atoms with Gasteiger partial charge in [0.05, 0.1) is 5.69 Å². The smallest absolute Gasteiger partial charge is 0.159 e. The molecule has 0 atom stereocenters. The van der Waals surface area contributed by atoms with E-state index >= 15 is 0 Å². The van der Waals surface area contributed by atoms with Crippen LogP contribution in [0.4, 0.5) is 14.5 Å². The van der Waals surface area contributed by atoms with Crippen molar-refractivity contribution in [2.24, 2.45) is 4.99 Å². The lowest BCUT2D eigenvalue weighted by Crippen LogP contribution is -1.87. The van der Waals surface area contributed by atoms with Gasteiger partial charge in [-0.15, -0.1) is 0 Å². The summed E-state index contributed by atoms with van der Waals surface area (Å²) in [5.74, 6) is -1.71. The van der Waals surface area contributed by atoms with Crippen molar-refractivity contribution in [1.29, 1.82) is 0 Å². The molecule has 2 aromatic carbocycles. The Balaban J connectivity index is 2.24. The van der Waals surface area contributed by atoms with E-state index in [9.17, 15) is 8.78 Å². The minimum absolute atomic E-state index is 0.534. The van der Waals surface area contributed by atoms with Crippen molar-refractivity contribution in [2.45, 2.75) is 13.8 Å². The number of hydrogen-bond donors (Lipinski definition) is 0. The van der Waals surface area contributed by atoms with Crippen LogP contribution in [0.25, 0.3) is 0 Å². The van der Waals surface area contributed by atoms with E-state index in [1.807, 2.05) is 32.0 Å². The number of rotatable bonds is 2. The van der Waals surface area contributed by atoms with Crippen molar-refractivity contribution in [1.82, 2.24) is 0 Å². The van der Waals surface area contributed by atoms with E-state index in [0.29, 0.717) is 5.56 Å². The summed E-state index contributed by atoms with van der Waals surface area (Å²) in [7, 11) is 0. The second-order valence-corrected chi connectivity index (χ2v) is 4.20. The van der Waals surface area contributed by atoms with E-state index < -0.39 is 11.6 Å². The predicted molar refractivity (Wildman–Crippen MR) is 69.5 cm³/mol. The first-order valence-corrected chi connectivity index (χ1v) is 5.62. The molecule has 1 nitrogen and oxygen atoms in total. The molecule has 0 unspecified atom stereocenters. The monoisotopic (exact) mass is 245 g/mol. The fourth-order valence-corrected chi connectivity index (χ4v) is 1.55. The van der Waals surface area contributed by atoms with Crippen molar-refractivity contribution in [3.63, 3.8) is 0 Å². The van der Waals surface area contributed by atoms with Gasteiger partial charge in [-0.25, -0.2) is 8.78 Å². The summed E-state index contributed by atoms with van der Waals surface area (Å²) >= 11 is 0. The predicted octanol–water partition coefficient (Wildman–Crippen LogP) is 4.33. The lowest BCUT2D eigenvalue weighted by molar-refractivity contribution is 0.508. The Labute approximate surface area is 105 Å². The highest BCUT2D eigenvalue weighted by Crippen LogP contribution is 2.17. The van der Waals surface area contributed by atoms with Crippen LogP contribution in [-0.4, -0.2) is 6.21 Å². The van der Waals surface area contributed by atoms with Crippen LogP contribution in [0, 0.1) is 25.5 Å². The standard InChI is InChI=1S/C15H13F2N/c1-10-3-5-13(7-11(10)2)18-9-12-4-6-14(16)15(17)8-12/h3-9H,1-2H3. The Bertz CT molecular complexity index is 550. The van der Waals surface area contributed by atoms with Crippen LogP contribution in [0.1, 0.15) is 16.7 Å². The zero-order valence-corrected chi connectivity index (χ0v) is 10.2. The highest BCUT2D eigenvalue weighted by atomic mass is 19.2. The molecule has 0 N–H and O–H groups in total. The molecule has 0 saturated heterocycles. The van der Waals surface area contributed by atoms with Crippen molar-refractivity contribution in [2.75, 3.05) is 0 Å². The van der Waals surface area contributed by atoms with Crippen LogP contribution in [-0.2, 0) is 0 Å². The molecule has 0 heterocycles. The highest BCUT2D eigenvalue weighted by molar-refractivity contribution is 5.81. The van der Waals surface area contributed by atoms with Gasteiger partial charge in [-0.2, -0.15) is 0 Å². The number of hydrogen-bond acceptors (Lipinski definition) is 1. The molecule has 0 saturated carbocycles. The maximum absolute atomic E-state index is 13.0. The second kappa shape index (κ2) is 5.08. The van der Waals surface area contributed by atoms with E-state index in [0.717, 1.165) is 23.4 Å². The number of halogens is 2. The Morgan fingerprint density at radius 1 is 0.889 bits per heavy atom. The van der Waals surface area contributed by atoms with Gasteiger partial charge in [-0.1, -0.05) is 12.1 Å². The quantitative estimate of drug-likeness (QED) is 0.698. The van der Waals surface area contributed by atoms with Crippen LogP contribution < -0.4 is 0 Å². The summed E-state index contributed by atoms with van der Waals surface area (Å²) in [6.07, 6.45) is 1.52. The SMILES string of the molecule is Cc1ccc(N=Cc2ccc(F)c(F)c2)cc1C. The van der Waals surface area contributed by atoms with Gasteiger partial charge in [0.2, 0.25) is 0 Å². The molecule has 2 rings (SSSR count). The third kappa shape index (κ3) is 2.80. The molecule has 0 fully saturated rings. The molecule has 0 spiro atoms. The molecule has 2 aromatic rings. The minimum atomic E-state index is -0.862. The van der Waals surface area contributed by atoms with Gasteiger partial charge in [0.15, 0.2) is 11.6 Å². The summed E-state index contributed by atoms with van der Waals surface area (Å²) < 4.78 is 25.7. The lowest BCUT2D eigenvalue weighted by Gasteiger charge is -2.00. The zero-order chi connectivity index (χ0) is 13.1. The highest BCUT2D eigenvalue weighted by Gasteiger charge is 2.00. The Morgan fingerprint density at radius 3 is 2.33 bits per heavy atom. The molecule has 0 radical (unpaired) electrons. The maximum atomic E-state index is 13.0. The topological polar surface area (TPSA) is 12.4 Å². The number of aryl methyl sites for hydroxylation is 2. The second-order valence-electron chi connectivity index (χ2n) is 4.20.